The lowest BCUT2D eigenvalue weighted by Gasteiger charge is -2.17. The molecule has 1 saturated heterocycles. The van der Waals surface area contributed by atoms with E-state index in [2.05, 4.69) is 0 Å². The Morgan fingerprint density at radius 3 is 2.45 bits per heavy atom. The number of ether oxygens (including phenoxy) is 2. The van der Waals surface area contributed by atoms with Gasteiger partial charge in [0, 0.05) is 0 Å². The van der Waals surface area contributed by atoms with Gasteiger partial charge in [0.1, 0.15) is 24.1 Å². The van der Waals surface area contributed by atoms with Crippen molar-refractivity contribution in [3.63, 3.8) is 0 Å². The second-order valence-electron chi connectivity index (χ2n) is 4.83. The van der Waals surface area contributed by atoms with Crippen molar-refractivity contribution in [2.75, 3.05) is 6.61 Å². The molecule has 0 aliphatic carbocycles. The summed E-state index contributed by atoms with van der Waals surface area (Å²) in [5.41, 5.74) is 0. The zero-order valence-corrected chi connectivity index (χ0v) is 10.7. The van der Waals surface area contributed by atoms with Gasteiger partial charge in [0.15, 0.2) is 0 Å². The number of hydrogen-bond donors (Lipinski definition) is 3. The Hall–Kier alpha value is -1.66. The highest BCUT2D eigenvalue weighted by molar-refractivity contribution is 5.83. The van der Waals surface area contributed by atoms with Crippen LogP contribution in [0, 0.1) is 0 Å². The number of hydrogen-bond acceptors (Lipinski definition) is 5. The van der Waals surface area contributed by atoms with Crippen molar-refractivity contribution in [3.05, 3.63) is 42.5 Å². The molecule has 5 heteroatoms. The van der Waals surface area contributed by atoms with Crippen molar-refractivity contribution in [2.45, 2.75) is 24.6 Å². The Labute approximate surface area is 116 Å². The minimum atomic E-state index is -1.18. The van der Waals surface area contributed by atoms with Crippen LogP contribution in [0.3, 0.4) is 0 Å². The molecule has 0 saturated carbocycles. The SMILES string of the molecule is OC[C@H]1O[C@@H](Oc2ccc3ccccc3c2)[C@H](O)[C@@H]1O. The van der Waals surface area contributed by atoms with Crippen LogP contribution in [-0.4, -0.2) is 46.5 Å². The Morgan fingerprint density at radius 1 is 1.00 bits per heavy atom. The number of benzene rings is 2. The second kappa shape index (κ2) is 5.38. The smallest absolute Gasteiger partial charge is 0.229 e. The minimum Gasteiger partial charge on any atom is -0.462 e. The van der Waals surface area contributed by atoms with E-state index in [0.717, 1.165) is 10.8 Å². The molecule has 0 unspecified atom stereocenters. The van der Waals surface area contributed by atoms with Crippen LogP contribution in [-0.2, 0) is 4.74 Å². The largest absolute Gasteiger partial charge is 0.462 e. The second-order valence-corrected chi connectivity index (χ2v) is 4.83. The highest BCUT2D eigenvalue weighted by Gasteiger charge is 2.43. The molecule has 3 N–H and O–H groups in total. The predicted molar refractivity (Wildman–Crippen MR) is 72.3 cm³/mol. The van der Waals surface area contributed by atoms with Crippen LogP contribution in [0.5, 0.6) is 5.75 Å². The molecular weight excluding hydrogens is 260 g/mol. The third-order valence-corrected chi connectivity index (χ3v) is 3.47. The molecule has 1 aliphatic heterocycles. The summed E-state index contributed by atoms with van der Waals surface area (Å²) in [7, 11) is 0. The fourth-order valence-corrected chi connectivity index (χ4v) is 2.34. The van der Waals surface area contributed by atoms with Gasteiger partial charge in [-0.05, 0) is 22.9 Å². The molecule has 0 radical (unpaired) electrons. The van der Waals surface area contributed by atoms with Crippen LogP contribution < -0.4 is 4.74 Å². The van der Waals surface area contributed by atoms with Gasteiger partial charge >= 0.3 is 0 Å². The van der Waals surface area contributed by atoms with E-state index in [9.17, 15) is 10.2 Å². The van der Waals surface area contributed by atoms with E-state index < -0.39 is 24.6 Å². The first-order chi connectivity index (χ1) is 9.69. The van der Waals surface area contributed by atoms with E-state index in [1.165, 1.54) is 0 Å². The van der Waals surface area contributed by atoms with Crippen molar-refractivity contribution >= 4 is 10.8 Å². The number of rotatable bonds is 3. The average Bonchev–Trinajstić information content (AvgIpc) is 2.75. The molecule has 1 heterocycles. The van der Waals surface area contributed by atoms with Crippen molar-refractivity contribution in [1.29, 1.82) is 0 Å². The molecular formula is C15H16O5. The molecule has 0 amide bonds. The zero-order chi connectivity index (χ0) is 14.1. The highest BCUT2D eigenvalue weighted by Crippen LogP contribution is 2.26. The summed E-state index contributed by atoms with van der Waals surface area (Å²) < 4.78 is 10.8. The number of aliphatic hydroxyl groups is 3. The van der Waals surface area contributed by atoms with E-state index in [0.29, 0.717) is 5.75 Å². The number of aliphatic hydroxyl groups excluding tert-OH is 3. The van der Waals surface area contributed by atoms with Crippen LogP contribution in [0.2, 0.25) is 0 Å². The Balaban J connectivity index is 1.79. The summed E-state index contributed by atoms with van der Waals surface area (Å²) in [6, 6.07) is 13.4. The van der Waals surface area contributed by atoms with Gasteiger partial charge in [0.05, 0.1) is 6.61 Å². The molecule has 2 aromatic carbocycles. The standard InChI is InChI=1S/C15H16O5/c16-8-12-13(17)14(18)15(20-12)19-11-6-5-9-3-1-2-4-10(9)7-11/h1-7,12-18H,8H2/t12-,13-,14-,15-/m1/s1. The van der Waals surface area contributed by atoms with Crippen molar-refractivity contribution < 1.29 is 24.8 Å². The van der Waals surface area contributed by atoms with Gasteiger partial charge in [0.25, 0.3) is 0 Å². The Bertz CT molecular complexity index is 600. The molecule has 20 heavy (non-hydrogen) atoms. The fraction of sp³-hybridized carbons (Fsp3) is 0.333. The summed E-state index contributed by atoms with van der Waals surface area (Å²) in [4.78, 5) is 0. The summed E-state index contributed by atoms with van der Waals surface area (Å²) in [6.07, 6.45) is -4.14. The molecule has 0 spiro atoms. The molecule has 3 rings (SSSR count). The van der Waals surface area contributed by atoms with Gasteiger partial charge in [-0.3, -0.25) is 0 Å². The summed E-state index contributed by atoms with van der Waals surface area (Å²) >= 11 is 0. The van der Waals surface area contributed by atoms with E-state index in [4.69, 9.17) is 14.6 Å². The van der Waals surface area contributed by atoms with Crippen molar-refractivity contribution in [2.24, 2.45) is 0 Å². The molecule has 106 valence electrons. The van der Waals surface area contributed by atoms with Gasteiger partial charge in [-0.2, -0.15) is 0 Å². The topological polar surface area (TPSA) is 79.2 Å². The zero-order valence-electron chi connectivity index (χ0n) is 10.7. The summed E-state index contributed by atoms with van der Waals surface area (Å²) in [5, 5.41) is 30.6. The highest BCUT2D eigenvalue weighted by atomic mass is 16.7. The fourth-order valence-electron chi connectivity index (χ4n) is 2.34. The lowest BCUT2D eigenvalue weighted by atomic mass is 10.1. The maximum atomic E-state index is 9.82. The maximum absolute atomic E-state index is 9.82. The van der Waals surface area contributed by atoms with Crippen LogP contribution in [0.25, 0.3) is 10.8 Å². The van der Waals surface area contributed by atoms with Gasteiger partial charge in [0.2, 0.25) is 6.29 Å². The first-order valence-electron chi connectivity index (χ1n) is 6.47. The van der Waals surface area contributed by atoms with Gasteiger partial charge in [-0.25, -0.2) is 0 Å². The summed E-state index contributed by atoms with van der Waals surface area (Å²) in [5.74, 6) is 0.540. The first-order valence-corrected chi connectivity index (χ1v) is 6.47. The molecule has 1 fully saturated rings. The predicted octanol–water partition coefficient (Wildman–Crippen LogP) is 0.658. The monoisotopic (exact) mass is 276 g/mol. The molecule has 5 nitrogen and oxygen atoms in total. The van der Waals surface area contributed by atoms with E-state index in [-0.39, 0.29) is 6.61 Å². The maximum Gasteiger partial charge on any atom is 0.229 e. The minimum absolute atomic E-state index is 0.365. The van der Waals surface area contributed by atoms with Gasteiger partial charge < -0.3 is 24.8 Å². The average molecular weight is 276 g/mol. The molecule has 1 aliphatic rings. The quantitative estimate of drug-likeness (QED) is 0.767. The van der Waals surface area contributed by atoms with Crippen molar-refractivity contribution in [1.82, 2.24) is 0 Å². The van der Waals surface area contributed by atoms with Gasteiger partial charge in [-0.1, -0.05) is 30.3 Å². The molecule has 0 bridgehead atoms. The lowest BCUT2D eigenvalue weighted by molar-refractivity contribution is -0.116. The molecule has 2 aromatic rings. The van der Waals surface area contributed by atoms with E-state index in [1.54, 1.807) is 6.07 Å². The third kappa shape index (κ3) is 2.36. The van der Waals surface area contributed by atoms with Crippen molar-refractivity contribution in [3.8, 4) is 5.75 Å². The van der Waals surface area contributed by atoms with Crippen LogP contribution in [0.4, 0.5) is 0 Å². The van der Waals surface area contributed by atoms with E-state index in [1.807, 2.05) is 36.4 Å². The molecule has 4 atom stereocenters. The third-order valence-electron chi connectivity index (χ3n) is 3.47. The van der Waals surface area contributed by atoms with Gasteiger partial charge in [-0.15, -0.1) is 0 Å². The normalized spacial score (nSPS) is 29.8. The molecule has 0 aromatic heterocycles. The number of fused-ring (bicyclic) bond motifs is 1. The van der Waals surface area contributed by atoms with E-state index >= 15 is 0 Å². The Kier molecular flexibility index (Phi) is 3.58. The van der Waals surface area contributed by atoms with Crippen LogP contribution in [0.15, 0.2) is 42.5 Å². The van der Waals surface area contributed by atoms with Crippen LogP contribution in [0.1, 0.15) is 0 Å². The lowest BCUT2D eigenvalue weighted by Crippen LogP contribution is -2.35. The Morgan fingerprint density at radius 2 is 1.75 bits per heavy atom. The first kappa shape index (κ1) is 13.3. The summed E-state index contributed by atoms with van der Waals surface area (Å²) in [6.45, 7) is -0.365. The van der Waals surface area contributed by atoms with Crippen LogP contribution >= 0.6 is 0 Å².